The van der Waals surface area contributed by atoms with Crippen LogP contribution in [0.4, 0.5) is 23.5 Å². The smallest absolute Gasteiger partial charge is 0.280 e. The fourth-order valence-electron chi connectivity index (χ4n) is 4.24. The van der Waals surface area contributed by atoms with Crippen LogP contribution in [0.2, 0.25) is 0 Å². The highest BCUT2D eigenvalue weighted by atomic mass is 19.3. The lowest BCUT2D eigenvalue weighted by Crippen LogP contribution is -2.53. The van der Waals surface area contributed by atoms with Gasteiger partial charge in [0.05, 0.1) is 47.6 Å². The number of piperidine rings is 1. The topological polar surface area (TPSA) is 85.4 Å². The lowest BCUT2D eigenvalue weighted by atomic mass is 10.0. The molecule has 1 unspecified atom stereocenters. The van der Waals surface area contributed by atoms with E-state index in [-0.39, 0.29) is 35.6 Å². The van der Waals surface area contributed by atoms with Gasteiger partial charge in [-0.1, -0.05) is 11.3 Å². The minimum Gasteiger partial charge on any atom is -0.479 e. The summed E-state index contributed by atoms with van der Waals surface area (Å²) in [6, 6.07) is 3.28. The third-order valence-corrected chi connectivity index (χ3v) is 5.84. The summed E-state index contributed by atoms with van der Waals surface area (Å²) in [5, 5.41) is 14.5. The van der Waals surface area contributed by atoms with E-state index in [0.717, 1.165) is 10.7 Å². The molecule has 0 bridgehead atoms. The van der Waals surface area contributed by atoms with Crippen LogP contribution in [0, 0.1) is 5.82 Å². The van der Waals surface area contributed by atoms with Crippen LogP contribution >= 0.6 is 0 Å². The molecule has 5 rings (SSSR count). The van der Waals surface area contributed by atoms with Crippen LogP contribution in [-0.4, -0.2) is 80.3 Å². The molecule has 3 aromatic heterocycles. The minimum atomic E-state index is -3.12. The van der Waals surface area contributed by atoms with Crippen molar-refractivity contribution in [3.8, 4) is 17.0 Å². The number of aromatic nitrogens is 6. The molecule has 1 atom stereocenters. The summed E-state index contributed by atoms with van der Waals surface area (Å²) in [5.41, 5.74) is 0.928. The SMILES string of the molecule is [2H]C([2H])([2H])Oc1nc(NC2CCN(C)CC2(F)F)nn2cc(F)c(-c3ccc4nnn(CCF)c4c3)c12. The van der Waals surface area contributed by atoms with Gasteiger partial charge in [-0.25, -0.2) is 26.8 Å². The number of methoxy groups -OCH3 is 1. The normalized spacial score (nSPS) is 20.3. The maximum absolute atomic E-state index is 15.3. The Morgan fingerprint density at radius 1 is 1.35 bits per heavy atom. The summed E-state index contributed by atoms with van der Waals surface area (Å²) in [6.45, 7) is -0.842. The van der Waals surface area contributed by atoms with Gasteiger partial charge in [0.1, 0.15) is 17.7 Å². The van der Waals surface area contributed by atoms with E-state index in [1.54, 1.807) is 13.1 Å². The number of rotatable bonds is 6. The van der Waals surface area contributed by atoms with Crippen LogP contribution < -0.4 is 10.1 Å². The Bertz CT molecular complexity index is 1460. The lowest BCUT2D eigenvalue weighted by molar-refractivity contribution is -0.0675. The molecule has 4 aromatic rings. The van der Waals surface area contributed by atoms with E-state index in [0.29, 0.717) is 17.6 Å². The van der Waals surface area contributed by atoms with Crippen LogP contribution in [0.1, 0.15) is 10.5 Å². The number of fused-ring (bicyclic) bond motifs is 2. The van der Waals surface area contributed by atoms with Crippen molar-refractivity contribution >= 4 is 22.5 Å². The number of hydrogen-bond donors (Lipinski definition) is 1. The molecule has 1 aromatic carbocycles. The Labute approximate surface area is 195 Å². The number of anilines is 1. The molecular formula is C21H22F4N8O. The molecule has 1 saturated heterocycles. The van der Waals surface area contributed by atoms with Crippen LogP contribution in [0.15, 0.2) is 24.4 Å². The molecule has 34 heavy (non-hydrogen) atoms. The Morgan fingerprint density at radius 2 is 2.21 bits per heavy atom. The monoisotopic (exact) mass is 481 g/mol. The van der Waals surface area contributed by atoms with E-state index in [1.807, 2.05) is 0 Å². The number of nitrogens with zero attached hydrogens (tertiary/aromatic N) is 7. The molecule has 1 aliphatic heterocycles. The Morgan fingerprint density at radius 3 is 2.97 bits per heavy atom. The summed E-state index contributed by atoms with van der Waals surface area (Å²) >= 11 is 0. The van der Waals surface area contributed by atoms with Crippen molar-refractivity contribution in [1.82, 2.24) is 34.5 Å². The summed E-state index contributed by atoms with van der Waals surface area (Å²) < 4.78 is 87.4. The first kappa shape index (κ1) is 18.9. The summed E-state index contributed by atoms with van der Waals surface area (Å²) in [6.07, 6.45) is 1.05. The van der Waals surface area contributed by atoms with Gasteiger partial charge < -0.3 is 15.0 Å². The Kier molecular flexibility index (Phi) is 4.66. The first-order valence-corrected chi connectivity index (χ1v) is 10.5. The quantitative estimate of drug-likeness (QED) is 0.424. The highest BCUT2D eigenvalue weighted by Crippen LogP contribution is 2.36. The number of likely N-dealkylation sites (tertiary alicyclic amines) is 1. The van der Waals surface area contributed by atoms with E-state index >= 15 is 4.39 Å². The van der Waals surface area contributed by atoms with Gasteiger partial charge >= 0.3 is 0 Å². The molecule has 0 radical (unpaired) electrons. The standard InChI is InChI=1S/C21H22F4N8O/c1-31-7-5-16(21(24,25)11-31)26-20-27-19(34-2)18-17(13(23)10-33(18)29-20)12-3-4-14-15(9-12)32(8-6-22)30-28-14/h3-4,9-10,16H,5-8,11H2,1-2H3,(H,26,29)/i2D3. The molecule has 0 aliphatic carbocycles. The van der Waals surface area contributed by atoms with Crippen molar-refractivity contribution in [2.75, 3.05) is 39.2 Å². The number of nitrogens with one attached hydrogen (secondary N) is 1. The fourth-order valence-corrected chi connectivity index (χ4v) is 4.24. The van der Waals surface area contributed by atoms with Crippen molar-refractivity contribution in [1.29, 1.82) is 0 Å². The molecule has 13 heteroatoms. The van der Waals surface area contributed by atoms with Gasteiger partial charge in [-0.2, -0.15) is 4.98 Å². The molecule has 4 heterocycles. The second-order valence-corrected chi connectivity index (χ2v) is 8.18. The molecule has 0 saturated carbocycles. The van der Waals surface area contributed by atoms with Gasteiger partial charge in [0.2, 0.25) is 11.8 Å². The van der Waals surface area contributed by atoms with Crippen molar-refractivity contribution in [2.24, 2.45) is 0 Å². The molecule has 180 valence electrons. The number of alkyl halides is 3. The van der Waals surface area contributed by atoms with E-state index in [4.69, 9.17) is 8.85 Å². The van der Waals surface area contributed by atoms with Crippen molar-refractivity contribution in [3.63, 3.8) is 0 Å². The van der Waals surface area contributed by atoms with Crippen molar-refractivity contribution in [2.45, 2.75) is 24.9 Å². The third-order valence-electron chi connectivity index (χ3n) is 5.84. The predicted octanol–water partition coefficient (Wildman–Crippen LogP) is 3.01. The van der Waals surface area contributed by atoms with Crippen LogP contribution in [0.25, 0.3) is 27.7 Å². The Balaban J connectivity index is 1.62. The van der Waals surface area contributed by atoms with Gasteiger partial charge in [0.25, 0.3) is 5.92 Å². The molecule has 0 spiro atoms. The van der Waals surface area contributed by atoms with Crippen LogP contribution in [-0.2, 0) is 6.54 Å². The number of benzene rings is 1. The van der Waals surface area contributed by atoms with Gasteiger partial charge in [-0.3, -0.25) is 0 Å². The first-order valence-electron chi connectivity index (χ1n) is 12.0. The second kappa shape index (κ2) is 8.38. The zero-order valence-corrected chi connectivity index (χ0v) is 18.0. The lowest BCUT2D eigenvalue weighted by Gasteiger charge is -2.36. The summed E-state index contributed by atoms with van der Waals surface area (Å²) in [5.74, 6) is -4.78. The highest BCUT2D eigenvalue weighted by molar-refractivity contribution is 5.89. The van der Waals surface area contributed by atoms with Crippen molar-refractivity contribution < 1.29 is 26.4 Å². The summed E-state index contributed by atoms with van der Waals surface area (Å²) in [7, 11) is -1.40. The molecule has 1 aliphatic rings. The maximum atomic E-state index is 15.3. The molecule has 0 amide bonds. The van der Waals surface area contributed by atoms with Crippen molar-refractivity contribution in [3.05, 3.63) is 30.2 Å². The molecule has 1 fully saturated rings. The average Bonchev–Trinajstić information content (AvgIpc) is 3.34. The van der Waals surface area contributed by atoms with E-state index in [9.17, 15) is 13.2 Å². The minimum absolute atomic E-state index is 0.0634. The van der Waals surface area contributed by atoms with E-state index in [1.165, 1.54) is 21.7 Å². The molecule has 1 N–H and O–H groups in total. The fraction of sp³-hybridized carbons (Fsp3) is 0.429. The summed E-state index contributed by atoms with van der Waals surface area (Å²) in [4.78, 5) is 5.54. The predicted molar refractivity (Wildman–Crippen MR) is 116 cm³/mol. The zero-order chi connectivity index (χ0) is 26.5. The van der Waals surface area contributed by atoms with Gasteiger partial charge in [-0.05, 0) is 31.2 Å². The van der Waals surface area contributed by atoms with Gasteiger partial charge in [0, 0.05) is 6.54 Å². The zero-order valence-electron chi connectivity index (χ0n) is 21.0. The first-order chi connectivity index (χ1) is 17.4. The van der Waals surface area contributed by atoms with Gasteiger partial charge in [-0.15, -0.1) is 10.2 Å². The largest absolute Gasteiger partial charge is 0.479 e. The number of halogens is 4. The number of hydrogen-bond acceptors (Lipinski definition) is 7. The highest BCUT2D eigenvalue weighted by Gasteiger charge is 2.44. The van der Waals surface area contributed by atoms with Crippen LogP contribution in [0.5, 0.6) is 5.88 Å². The van der Waals surface area contributed by atoms with E-state index < -0.39 is 43.9 Å². The van der Waals surface area contributed by atoms with Crippen LogP contribution in [0.3, 0.4) is 0 Å². The average molecular weight is 481 g/mol. The molecule has 9 nitrogen and oxygen atoms in total. The third kappa shape index (κ3) is 3.79. The Hall–Kier alpha value is -3.48. The molecular weight excluding hydrogens is 456 g/mol. The van der Waals surface area contributed by atoms with Gasteiger partial charge in [0.15, 0.2) is 5.82 Å². The number of aryl methyl sites for hydroxylation is 1. The maximum Gasteiger partial charge on any atom is 0.280 e. The number of ether oxygens (including phenoxy) is 1. The second-order valence-electron chi connectivity index (χ2n) is 8.18. The van der Waals surface area contributed by atoms with E-state index in [2.05, 4.69) is 25.7 Å².